The molecule has 4 atom stereocenters. The fourth-order valence-corrected chi connectivity index (χ4v) is 3.06. The smallest absolute Gasteiger partial charge is 0.417 e. The summed E-state index contributed by atoms with van der Waals surface area (Å²) in [5, 5.41) is 0. The van der Waals surface area contributed by atoms with Crippen molar-refractivity contribution in [3.63, 3.8) is 0 Å². The lowest BCUT2D eigenvalue weighted by molar-refractivity contribution is -0.272. The highest BCUT2D eigenvalue weighted by atomic mass is 19.4. The quantitative estimate of drug-likeness (QED) is 0.850. The van der Waals surface area contributed by atoms with Gasteiger partial charge in [0.2, 0.25) is 11.7 Å². The predicted octanol–water partition coefficient (Wildman–Crippen LogP) is 2.90. The van der Waals surface area contributed by atoms with Gasteiger partial charge in [-0.3, -0.25) is 4.79 Å². The third-order valence-electron chi connectivity index (χ3n) is 4.59. The molecule has 0 aliphatic carbocycles. The van der Waals surface area contributed by atoms with Crippen LogP contribution in [0.5, 0.6) is 5.75 Å². The Bertz CT molecular complexity index is 663. The van der Waals surface area contributed by atoms with Gasteiger partial charge in [0.25, 0.3) is 0 Å². The molecule has 134 valence electrons. The molecule has 1 amide bonds. The average Bonchev–Trinajstić information content (AvgIpc) is 2.75. The number of carbonyl (C=O) groups excluding carboxylic acids is 1. The number of rotatable bonds is 3. The number of primary amides is 1. The number of carbonyl (C=O) groups is 1. The van der Waals surface area contributed by atoms with E-state index < -0.39 is 53.0 Å². The van der Waals surface area contributed by atoms with Crippen LogP contribution in [0.25, 0.3) is 0 Å². The fraction of sp³-hybridized carbons (Fsp3) is 0.533. The second-order valence-corrected chi connectivity index (χ2v) is 5.84. The Morgan fingerprint density at radius 3 is 2.38 bits per heavy atom. The Labute approximate surface area is 134 Å². The Morgan fingerprint density at radius 2 is 1.92 bits per heavy atom. The Hall–Kier alpha value is -1.90. The molecular weight excluding hydrogens is 337 g/mol. The zero-order valence-corrected chi connectivity index (χ0v) is 13.1. The molecule has 1 fully saturated rings. The molecule has 0 radical (unpaired) electrons. The predicted molar refractivity (Wildman–Crippen MR) is 73.3 cm³/mol. The van der Waals surface area contributed by atoms with Crippen molar-refractivity contribution in [3.05, 3.63) is 29.3 Å². The average molecular weight is 353 g/mol. The monoisotopic (exact) mass is 353 g/mol. The van der Waals surface area contributed by atoms with Crippen LogP contribution in [0.4, 0.5) is 22.0 Å². The topological polar surface area (TPSA) is 61.6 Å². The SMILES string of the molecule is COc1c(C2C(C)C(C)(C(F)(F)F)O[C@H]2C(N)=O)ccc(F)c1F. The molecule has 9 heteroatoms. The highest BCUT2D eigenvalue weighted by Gasteiger charge is 2.65. The van der Waals surface area contributed by atoms with Crippen LogP contribution in [0.1, 0.15) is 25.3 Å². The lowest BCUT2D eigenvalue weighted by atomic mass is 9.77. The van der Waals surface area contributed by atoms with E-state index in [1.54, 1.807) is 0 Å². The number of benzene rings is 1. The number of methoxy groups -OCH3 is 1. The van der Waals surface area contributed by atoms with Gasteiger partial charge < -0.3 is 15.2 Å². The fourth-order valence-electron chi connectivity index (χ4n) is 3.06. The van der Waals surface area contributed by atoms with E-state index in [2.05, 4.69) is 0 Å². The molecule has 0 spiro atoms. The highest BCUT2D eigenvalue weighted by molar-refractivity contribution is 5.81. The summed E-state index contributed by atoms with van der Waals surface area (Å²) >= 11 is 0. The van der Waals surface area contributed by atoms with Crippen molar-refractivity contribution in [1.29, 1.82) is 0 Å². The van der Waals surface area contributed by atoms with Crippen LogP contribution >= 0.6 is 0 Å². The minimum atomic E-state index is -4.79. The molecule has 0 aromatic heterocycles. The molecular formula is C15H16F5NO3. The number of halogens is 5. The molecule has 2 rings (SSSR count). The first-order chi connectivity index (χ1) is 11.0. The molecule has 2 N–H and O–H groups in total. The van der Waals surface area contributed by atoms with Crippen molar-refractivity contribution in [2.75, 3.05) is 7.11 Å². The molecule has 1 aliphatic heterocycles. The number of hydrogen-bond acceptors (Lipinski definition) is 3. The highest BCUT2D eigenvalue weighted by Crippen LogP contribution is 2.54. The lowest BCUT2D eigenvalue weighted by Crippen LogP contribution is -2.47. The van der Waals surface area contributed by atoms with Crippen molar-refractivity contribution >= 4 is 5.91 Å². The first kappa shape index (κ1) is 18.4. The van der Waals surface area contributed by atoms with Gasteiger partial charge in [0.05, 0.1) is 7.11 Å². The van der Waals surface area contributed by atoms with Crippen LogP contribution < -0.4 is 10.5 Å². The molecule has 24 heavy (non-hydrogen) atoms. The third-order valence-corrected chi connectivity index (χ3v) is 4.59. The zero-order chi connectivity index (χ0) is 18.4. The number of nitrogens with two attached hydrogens (primary N) is 1. The van der Waals surface area contributed by atoms with Crippen LogP contribution in [-0.4, -0.2) is 30.9 Å². The van der Waals surface area contributed by atoms with Gasteiger partial charge in [0.15, 0.2) is 17.2 Å². The molecule has 1 heterocycles. The van der Waals surface area contributed by atoms with Gasteiger partial charge in [-0.1, -0.05) is 13.0 Å². The van der Waals surface area contributed by atoms with Gasteiger partial charge in [0.1, 0.15) is 6.10 Å². The summed E-state index contributed by atoms with van der Waals surface area (Å²) in [6.07, 6.45) is -6.45. The van der Waals surface area contributed by atoms with Crippen LogP contribution in [0.15, 0.2) is 12.1 Å². The van der Waals surface area contributed by atoms with E-state index in [4.69, 9.17) is 15.2 Å². The molecule has 1 aromatic carbocycles. The molecule has 1 aliphatic rings. The first-order valence-corrected chi connectivity index (χ1v) is 7.01. The number of ether oxygens (including phenoxy) is 2. The minimum absolute atomic E-state index is 0.110. The van der Waals surface area contributed by atoms with Crippen molar-refractivity contribution in [2.45, 2.75) is 37.6 Å². The summed E-state index contributed by atoms with van der Waals surface area (Å²) in [4.78, 5) is 11.6. The maximum atomic E-state index is 13.9. The van der Waals surface area contributed by atoms with E-state index in [-0.39, 0.29) is 5.56 Å². The van der Waals surface area contributed by atoms with Crippen molar-refractivity contribution < 1.29 is 36.2 Å². The molecule has 4 nitrogen and oxygen atoms in total. The molecule has 3 unspecified atom stereocenters. The standard InChI is InChI=1S/C15H16F5NO3/c1-6-9(7-4-5-8(16)10(17)11(7)23-3)12(13(21)22)24-14(6,2)15(18,19)20/h4-6,9,12H,1-3H3,(H2,21,22)/t6?,9?,12-,14?/m1/s1. The van der Waals surface area contributed by atoms with E-state index in [0.29, 0.717) is 0 Å². The summed E-state index contributed by atoms with van der Waals surface area (Å²) in [6, 6.07) is 1.82. The van der Waals surface area contributed by atoms with Crippen LogP contribution in [0.2, 0.25) is 0 Å². The van der Waals surface area contributed by atoms with Gasteiger partial charge in [0, 0.05) is 17.4 Å². The van der Waals surface area contributed by atoms with Gasteiger partial charge in [-0.25, -0.2) is 4.39 Å². The molecule has 0 bridgehead atoms. The van der Waals surface area contributed by atoms with Crippen LogP contribution in [0.3, 0.4) is 0 Å². The summed E-state index contributed by atoms with van der Waals surface area (Å²) < 4.78 is 77.2. The Morgan fingerprint density at radius 1 is 1.33 bits per heavy atom. The van der Waals surface area contributed by atoms with Gasteiger partial charge >= 0.3 is 6.18 Å². The number of hydrogen-bond donors (Lipinski definition) is 1. The van der Waals surface area contributed by atoms with Crippen molar-refractivity contribution in [2.24, 2.45) is 11.7 Å². The second-order valence-electron chi connectivity index (χ2n) is 5.84. The van der Waals surface area contributed by atoms with Crippen LogP contribution in [0, 0.1) is 17.6 Å². The Balaban J connectivity index is 2.64. The van der Waals surface area contributed by atoms with Gasteiger partial charge in [-0.2, -0.15) is 17.6 Å². The maximum absolute atomic E-state index is 13.9. The van der Waals surface area contributed by atoms with Crippen molar-refractivity contribution in [3.8, 4) is 5.75 Å². The maximum Gasteiger partial charge on any atom is 0.417 e. The molecule has 1 saturated heterocycles. The minimum Gasteiger partial charge on any atom is -0.493 e. The Kier molecular flexibility index (Phi) is 4.51. The lowest BCUT2D eigenvalue weighted by Gasteiger charge is -2.32. The third kappa shape index (κ3) is 2.60. The second kappa shape index (κ2) is 5.87. The van der Waals surface area contributed by atoms with E-state index in [9.17, 15) is 26.7 Å². The first-order valence-electron chi connectivity index (χ1n) is 7.01. The van der Waals surface area contributed by atoms with Gasteiger partial charge in [-0.15, -0.1) is 0 Å². The van der Waals surface area contributed by atoms with Gasteiger partial charge in [-0.05, 0) is 13.0 Å². The number of alkyl halides is 3. The largest absolute Gasteiger partial charge is 0.493 e. The van der Waals surface area contributed by atoms with E-state index in [1.807, 2.05) is 0 Å². The van der Waals surface area contributed by atoms with Crippen LogP contribution in [-0.2, 0) is 9.53 Å². The van der Waals surface area contributed by atoms with E-state index in [1.165, 1.54) is 6.92 Å². The summed E-state index contributed by atoms with van der Waals surface area (Å²) in [6.45, 7) is 2.00. The molecule has 0 saturated carbocycles. The number of amides is 1. The van der Waals surface area contributed by atoms with Crippen molar-refractivity contribution in [1.82, 2.24) is 0 Å². The zero-order valence-electron chi connectivity index (χ0n) is 13.1. The summed E-state index contributed by atoms with van der Waals surface area (Å²) in [7, 11) is 1.05. The van der Waals surface area contributed by atoms with E-state index >= 15 is 0 Å². The molecule has 1 aromatic rings. The summed E-state index contributed by atoms with van der Waals surface area (Å²) in [5.74, 6) is -6.84. The normalized spacial score (nSPS) is 30.4. The van der Waals surface area contributed by atoms with E-state index in [0.717, 1.165) is 26.2 Å². The summed E-state index contributed by atoms with van der Waals surface area (Å²) in [5.41, 5.74) is 2.39.